The molecule has 0 radical (unpaired) electrons. The van der Waals surface area contributed by atoms with E-state index in [4.69, 9.17) is 4.74 Å². The van der Waals surface area contributed by atoms with Gasteiger partial charge in [-0.05, 0) is 24.5 Å². The largest absolute Gasteiger partial charge is 0.384 e. The van der Waals surface area contributed by atoms with Gasteiger partial charge < -0.3 is 15.4 Å². The number of carbonyl (C=O) groups is 1. The van der Waals surface area contributed by atoms with E-state index in [0.29, 0.717) is 12.2 Å². The van der Waals surface area contributed by atoms with Gasteiger partial charge in [-0.15, -0.1) is 0 Å². The highest BCUT2D eigenvalue weighted by molar-refractivity contribution is 6.00. The lowest BCUT2D eigenvalue weighted by atomic mass is 9.89. The second-order valence-electron chi connectivity index (χ2n) is 6.55. The molecule has 7 heteroatoms. The number of ether oxygens (including phenoxy) is 1. The summed E-state index contributed by atoms with van der Waals surface area (Å²) in [4.78, 5) is 22.7. The highest BCUT2D eigenvalue weighted by Crippen LogP contribution is 2.34. The van der Waals surface area contributed by atoms with E-state index in [0.717, 1.165) is 25.0 Å². The molecule has 0 bridgehead atoms. The van der Waals surface area contributed by atoms with Crippen molar-refractivity contribution in [2.75, 3.05) is 25.5 Å². The van der Waals surface area contributed by atoms with Gasteiger partial charge >= 0.3 is 0 Å². The lowest BCUT2D eigenvalue weighted by Crippen LogP contribution is -2.29. The normalized spacial score (nSPS) is 19.3. The van der Waals surface area contributed by atoms with Crippen LogP contribution in [0.1, 0.15) is 34.9 Å². The van der Waals surface area contributed by atoms with Crippen molar-refractivity contribution in [1.82, 2.24) is 5.32 Å². The average molecular weight is 369 g/mol. The van der Waals surface area contributed by atoms with Gasteiger partial charge in [0.2, 0.25) is 0 Å². The Kier molecular flexibility index (Phi) is 6.03. The van der Waals surface area contributed by atoms with Crippen molar-refractivity contribution in [3.8, 4) is 0 Å². The summed E-state index contributed by atoms with van der Waals surface area (Å²) in [5.74, 6) is -0.116. The van der Waals surface area contributed by atoms with Gasteiger partial charge in [0.15, 0.2) is 0 Å². The third kappa shape index (κ3) is 4.43. The zero-order valence-electron chi connectivity index (χ0n) is 15.2. The summed E-state index contributed by atoms with van der Waals surface area (Å²) >= 11 is 0. The number of nitrogens with zero attached hydrogens (tertiary/aromatic N) is 1. The molecule has 27 heavy (non-hydrogen) atoms. The van der Waals surface area contributed by atoms with Crippen LogP contribution in [-0.4, -0.2) is 31.0 Å². The minimum absolute atomic E-state index is 0.00560. The number of nitrogens with one attached hydrogen (secondary N) is 2. The van der Waals surface area contributed by atoms with Crippen molar-refractivity contribution in [1.29, 1.82) is 0 Å². The highest BCUT2D eigenvalue weighted by atomic mass is 16.6. The number of nitro groups is 1. The molecule has 2 atom stereocenters. The number of anilines is 1. The molecule has 0 saturated carbocycles. The van der Waals surface area contributed by atoms with Crippen LogP contribution in [0, 0.1) is 16.0 Å². The maximum absolute atomic E-state index is 12.1. The van der Waals surface area contributed by atoms with Gasteiger partial charge in [0.1, 0.15) is 0 Å². The third-order valence-electron chi connectivity index (χ3n) is 4.81. The van der Waals surface area contributed by atoms with Crippen molar-refractivity contribution in [2.45, 2.75) is 18.9 Å². The standard InChI is InChI=1S/C20H23N3O4/c1-21-20(24)17-12-16(23(25)26)9-10-18(17)22-13-15-8-5-11-27-19(15)14-6-3-2-4-7-14/h2-4,6-7,9-10,12,15,19,22H,5,8,11,13H2,1H3,(H,21,24). The summed E-state index contributed by atoms with van der Waals surface area (Å²) in [6.07, 6.45) is 1.99. The van der Waals surface area contributed by atoms with Crippen molar-refractivity contribution in [3.63, 3.8) is 0 Å². The van der Waals surface area contributed by atoms with Crippen LogP contribution in [0.4, 0.5) is 11.4 Å². The number of rotatable bonds is 6. The second-order valence-corrected chi connectivity index (χ2v) is 6.55. The van der Waals surface area contributed by atoms with Gasteiger partial charge in [-0.3, -0.25) is 14.9 Å². The van der Waals surface area contributed by atoms with Gasteiger partial charge in [-0.1, -0.05) is 30.3 Å². The monoisotopic (exact) mass is 369 g/mol. The summed E-state index contributed by atoms with van der Waals surface area (Å²) in [7, 11) is 1.51. The molecule has 2 unspecified atom stereocenters. The predicted octanol–water partition coefficient (Wildman–Crippen LogP) is 3.53. The molecule has 1 heterocycles. The van der Waals surface area contributed by atoms with Crippen LogP contribution in [0.2, 0.25) is 0 Å². The number of benzene rings is 2. The molecule has 1 amide bonds. The Hall–Kier alpha value is -2.93. The number of hydrogen-bond donors (Lipinski definition) is 2. The first kappa shape index (κ1) is 18.8. The maximum atomic E-state index is 12.1. The zero-order chi connectivity index (χ0) is 19.2. The van der Waals surface area contributed by atoms with Crippen molar-refractivity contribution < 1.29 is 14.5 Å². The fourth-order valence-corrected chi connectivity index (χ4v) is 3.43. The molecule has 1 aliphatic heterocycles. The third-order valence-corrected chi connectivity index (χ3v) is 4.81. The average Bonchev–Trinajstić information content (AvgIpc) is 2.72. The molecule has 142 valence electrons. The zero-order valence-corrected chi connectivity index (χ0v) is 15.2. The molecule has 0 spiro atoms. The Labute approximate surface area is 157 Å². The van der Waals surface area contributed by atoms with Gasteiger partial charge in [0, 0.05) is 43.9 Å². The maximum Gasteiger partial charge on any atom is 0.270 e. The van der Waals surface area contributed by atoms with Crippen molar-refractivity contribution in [2.24, 2.45) is 5.92 Å². The molecule has 2 aromatic rings. The van der Waals surface area contributed by atoms with E-state index in [2.05, 4.69) is 22.8 Å². The summed E-state index contributed by atoms with van der Waals surface area (Å²) in [5, 5.41) is 16.9. The van der Waals surface area contributed by atoms with Crippen LogP contribution >= 0.6 is 0 Å². The molecule has 0 aromatic heterocycles. The summed E-state index contributed by atoms with van der Waals surface area (Å²) in [6.45, 7) is 1.35. The molecule has 1 aliphatic rings. The first-order chi connectivity index (χ1) is 13.1. The number of non-ortho nitro benzene ring substituents is 1. The molecular weight excluding hydrogens is 346 g/mol. The van der Waals surface area contributed by atoms with Crippen LogP contribution in [0.15, 0.2) is 48.5 Å². The van der Waals surface area contributed by atoms with Gasteiger partial charge in [0.05, 0.1) is 16.6 Å². The number of nitro benzene ring substituents is 1. The molecule has 2 N–H and O–H groups in total. The van der Waals surface area contributed by atoms with Gasteiger partial charge in [-0.2, -0.15) is 0 Å². The smallest absolute Gasteiger partial charge is 0.270 e. The van der Waals surface area contributed by atoms with E-state index in [1.807, 2.05) is 18.2 Å². The Balaban J connectivity index is 1.78. The molecule has 7 nitrogen and oxygen atoms in total. The van der Waals surface area contributed by atoms with Crippen molar-refractivity contribution >= 4 is 17.3 Å². The number of amides is 1. The van der Waals surface area contributed by atoms with Crippen LogP contribution in [-0.2, 0) is 4.74 Å². The van der Waals surface area contributed by atoms with Crippen LogP contribution in [0.3, 0.4) is 0 Å². The topological polar surface area (TPSA) is 93.5 Å². The second kappa shape index (κ2) is 8.64. The van der Waals surface area contributed by atoms with E-state index in [9.17, 15) is 14.9 Å². The number of hydrogen-bond acceptors (Lipinski definition) is 5. The SMILES string of the molecule is CNC(=O)c1cc([N+](=O)[O-])ccc1NCC1CCCOC1c1ccccc1. The summed E-state index contributed by atoms with van der Waals surface area (Å²) in [6, 6.07) is 14.4. The molecule has 3 rings (SSSR count). The summed E-state index contributed by atoms with van der Waals surface area (Å²) < 4.78 is 6.01. The molecule has 2 aromatic carbocycles. The van der Waals surface area contributed by atoms with Gasteiger partial charge in [0.25, 0.3) is 11.6 Å². The van der Waals surface area contributed by atoms with Crippen LogP contribution < -0.4 is 10.6 Å². The predicted molar refractivity (Wildman–Crippen MR) is 103 cm³/mol. The Morgan fingerprint density at radius 2 is 2.04 bits per heavy atom. The molecule has 1 fully saturated rings. The fourth-order valence-electron chi connectivity index (χ4n) is 3.43. The minimum atomic E-state index is -0.503. The molecule has 0 aliphatic carbocycles. The minimum Gasteiger partial charge on any atom is -0.384 e. The number of carbonyl (C=O) groups excluding carboxylic acids is 1. The fraction of sp³-hybridized carbons (Fsp3) is 0.350. The Bertz CT molecular complexity index is 810. The Morgan fingerprint density at radius 1 is 1.26 bits per heavy atom. The van der Waals surface area contributed by atoms with Crippen LogP contribution in [0.25, 0.3) is 0 Å². The Morgan fingerprint density at radius 3 is 2.74 bits per heavy atom. The van der Waals surface area contributed by atoms with Crippen molar-refractivity contribution in [3.05, 3.63) is 69.8 Å². The quantitative estimate of drug-likeness (QED) is 0.600. The van der Waals surface area contributed by atoms with E-state index >= 15 is 0 Å². The first-order valence-electron chi connectivity index (χ1n) is 9.01. The van der Waals surface area contributed by atoms with E-state index in [1.54, 1.807) is 6.07 Å². The van der Waals surface area contributed by atoms with Gasteiger partial charge in [-0.25, -0.2) is 0 Å². The highest BCUT2D eigenvalue weighted by Gasteiger charge is 2.27. The van der Waals surface area contributed by atoms with E-state index in [1.165, 1.54) is 19.2 Å². The summed E-state index contributed by atoms with van der Waals surface area (Å²) in [5.41, 5.74) is 1.87. The van der Waals surface area contributed by atoms with Crippen LogP contribution in [0.5, 0.6) is 0 Å². The molecular formula is C20H23N3O4. The molecule has 1 saturated heterocycles. The van der Waals surface area contributed by atoms with E-state index in [-0.39, 0.29) is 29.2 Å². The van der Waals surface area contributed by atoms with E-state index < -0.39 is 4.92 Å². The first-order valence-corrected chi connectivity index (χ1v) is 9.01. The lowest BCUT2D eigenvalue weighted by molar-refractivity contribution is -0.384. The lowest BCUT2D eigenvalue weighted by Gasteiger charge is -2.32.